The molecule has 1 amide bonds. The summed E-state index contributed by atoms with van der Waals surface area (Å²) in [5, 5.41) is 9.85. The smallest absolute Gasteiger partial charge is 0.359 e. The Kier molecular flexibility index (Phi) is 6.85. The Morgan fingerprint density at radius 1 is 1.21 bits per heavy atom. The molecule has 0 saturated carbocycles. The zero-order valence-corrected chi connectivity index (χ0v) is 20.8. The van der Waals surface area contributed by atoms with E-state index in [0.29, 0.717) is 15.2 Å². The summed E-state index contributed by atoms with van der Waals surface area (Å²) in [6, 6.07) is 11.4. The van der Waals surface area contributed by atoms with Gasteiger partial charge in [-0.2, -0.15) is 9.78 Å². The molecule has 0 bridgehead atoms. The minimum atomic E-state index is -0.691. The second kappa shape index (κ2) is 9.64. The number of amides is 1. The van der Waals surface area contributed by atoms with E-state index in [9.17, 15) is 14.4 Å². The Morgan fingerprint density at radius 2 is 2.00 bits per heavy atom. The van der Waals surface area contributed by atoms with Gasteiger partial charge in [-0.1, -0.05) is 45.2 Å². The van der Waals surface area contributed by atoms with Crippen LogP contribution in [0.2, 0.25) is 10.0 Å². The molecule has 0 aliphatic carbocycles. The number of anilines is 1. The molecule has 7 nitrogen and oxygen atoms in total. The van der Waals surface area contributed by atoms with E-state index in [0.717, 1.165) is 16.0 Å². The fourth-order valence-corrected chi connectivity index (χ4v) is 4.80. The zero-order chi connectivity index (χ0) is 23.7. The minimum absolute atomic E-state index is 0.0522. The molecule has 2 aromatic heterocycles. The molecule has 0 radical (unpaired) electrons. The average molecular weight is 567 g/mol. The van der Waals surface area contributed by atoms with Gasteiger partial charge >= 0.3 is 5.97 Å². The van der Waals surface area contributed by atoms with Gasteiger partial charge in [0.2, 0.25) is 0 Å². The highest BCUT2D eigenvalue weighted by Crippen LogP contribution is 2.32. The summed E-state index contributed by atoms with van der Waals surface area (Å²) in [7, 11) is 0. The highest BCUT2D eigenvalue weighted by atomic mass is 79.9. The zero-order valence-electron chi connectivity index (χ0n) is 16.9. The highest BCUT2D eigenvalue weighted by Gasteiger charge is 2.24. The number of esters is 1. The molecular formula is C22H14BrCl2N3O4S. The van der Waals surface area contributed by atoms with Crippen LogP contribution in [0.4, 0.5) is 5.00 Å². The number of carbonyl (C=O) groups is 2. The van der Waals surface area contributed by atoms with Gasteiger partial charge in [0.1, 0.15) is 5.00 Å². The van der Waals surface area contributed by atoms with E-state index in [2.05, 4.69) is 26.3 Å². The summed E-state index contributed by atoms with van der Waals surface area (Å²) >= 11 is 16.7. The summed E-state index contributed by atoms with van der Waals surface area (Å²) in [4.78, 5) is 39.0. The van der Waals surface area contributed by atoms with E-state index in [1.807, 2.05) is 0 Å². The van der Waals surface area contributed by atoms with Gasteiger partial charge in [0, 0.05) is 20.3 Å². The average Bonchev–Trinajstić information content (AvgIpc) is 3.20. The number of thiophene rings is 1. The van der Waals surface area contributed by atoms with Crippen LogP contribution in [-0.2, 0) is 4.74 Å². The molecule has 33 heavy (non-hydrogen) atoms. The number of hydrogen-bond donors (Lipinski definition) is 1. The number of fused-ring (bicyclic) bond motifs is 1. The third kappa shape index (κ3) is 4.67. The van der Waals surface area contributed by atoms with Crippen LogP contribution < -0.4 is 10.9 Å². The van der Waals surface area contributed by atoms with Crippen molar-refractivity contribution < 1.29 is 14.3 Å². The summed E-state index contributed by atoms with van der Waals surface area (Å²) in [6.45, 7) is 1.80. The van der Waals surface area contributed by atoms with E-state index >= 15 is 0 Å². The normalized spacial score (nSPS) is 10.9. The van der Waals surface area contributed by atoms with E-state index in [4.69, 9.17) is 27.9 Å². The molecule has 0 aliphatic rings. The fraction of sp³-hybridized carbons (Fsp3) is 0.0909. The minimum Gasteiger partial charge on any atom is -0.461 e. The number of carbonyl (C=O) groups excluding carboxylic acids is 2. The van der Waals surface area contributed by atoms with Gasteiger partial charge < -0.3 is 10.1 Å². The quantitative estimate of drug-likeness (QED) is 0.302. The van der Waals surface area contributed by atoms with Crippen LogP contribution >= 0.6 is 50.5 Å². The molecule has 0 spiro atoms. The molecule has 1 N–H and O–H groups in total. The summed E-state index contributed by atoms with van der Waals surface area (Å²) in [5.41, 5.74) is 0.00163. The molecule has 2 heterocycles. The van der Waals surface area contributed by atoms with E-state index in [-0.39, 0.29) is 38.7 Å². The SMILES string of the molecule is CCOC(=O)c1nn(-c2cccc(Cl)c2)c(=O)c2c(NC(=O)c3cc(Br)ccc3Cl)scc12. The van der Waals surface area contributed by atoms with Crippen molar-refractivity contribution in [2.24, 2.45) is 0 Å². The van der Waals surface area contributed by atoms with Crippen molar-refractivity contribution >= 4 is 78.1 Å². The maximum atomic E-state index is 13.4. The van der Waals surface area contributed by atoms with Crippen LogP contribution in [0, 0.1) is 0 Å². The number of benzene rings is 2. The first-order valence-corrected chi connectivity index (χ1v) is 12.0. The van der Waals surface area contributed by atoms with Crippen LogP contribution in [0.25, 0.3) is 16.5 Å². The number of nitrogens with one attached hydrogen (secondary N) is 1. The van der Waals surface area contributed by atoms with Crippen molar-refractivity contribution in [1.29, 1.82) is 0 Å². The second-order valence-electron chi connectivity index (χ2n) is 6.70. The monoisotopic (exact) mass is 565 g/mol. The van der Waals surface area contributed by atoms with E-state index < -0.39 is 17.4 Å². The Labute approximate surface area is 210 Å². The number of aromatic nitrogens is 2. The largest absolute Gasteiger partial charge is 0.461 e. The molecule has 2 aromatic carbocycles. The van der Waals surface area contributed by atoms with Crippen molar-refractivity contribution in [2.45, 2.75) is 6.92 Å². The maximum Gasteiger partial charge on any atom is 0.359 e. The fourth-order valence-electron chi connectivity index (χ4n) is 3.12. The summed E-state index contributed by atoms with van der Waals surface area (Å²) < 4.78 is 6.87. The van der Waals surface area contributed by atoms with Crippen molar-refractivity contribution in [3.63, 3.8) is 0 Å². The molecule has 168 valence electrons. The van der Waals surface area contributed by atoms with Gasteiger partial charge in [0.25, 0.3) is 11.5 Å². The lowest BCUT2D eigenvalue weighted by molar-refractivity contribution is 0.0520. The Hall–Kier alpha value is -2.72. The number of rotatable bonds is 5. The highest BCUT2D eigenvalue weighted by molar-refractivity contribution is 9.10. The molecule has 0 saturated heterocycles. The van der Waals surface area contributed by atoms with Crippen molar-refractivity contribution in [1.82, 2.24) is 9.78 Å². The number of ether oxygens (including phenoxy) is 1. The standard InChI is InChI=1S/C22H14BrCl2N3O4S/c1-2-32-22(31)18-15-10-33-20(26-19(29)14-8-11(23)6-7-16(14)25)17(15)21(30)28(27-18)13-5-3-4-12(24)9-13/h3-10H,2H2,1H3,(H,26,29). The molecule has 4 rings (SSSR count). The third-order valence-electron chi connectivity index (χ3n) is 4.57. The maximum absolute atomic E-state index is 13.4. The van der Waals surface area contributed by atoms with Crippen LogP contribution in [0.5, 0.6) is 0 Å². The molecular weight excluding hydrogens is 553 g/mol. The number of halogens is 3. The molecule has 0 fully saturated rings. The summed E-state index contributed by atoms with van der Waals surface area (Å²) in [6.07, 6.45) is 0. The predicted octanol–water partition coefficient (Wildman–Crippen LogP) is 5.95. The topological polar surface area (TPSA) is 90.3 Å². The lowest BCUT2D eigenvalue weighted by Crippen LogP contribution is -2.25. The Bertz CT molecular complexity index is 1470. The van der Waals surface area contributed by atoms with Gasteiger partial charge in [0.05, 0.1) is 28.3 Å². The van der Waals surface area contributed by atoms with Gasteiger partial charge in [0.15, 0.2) is 5.69 Å². The molecule has 4 aromatic rings. The summed E-state index contributed by atoms with van der Waals surface area (Å²) in [5.74, 6) is -1.20. The molecule has 0 atom stereocenters. The molecule has 0 aliphatic heterocycles. The Balaban J connectivity index is 1.90. The Morgan fingerprint density at radius 3 is 2.73 bits per heavy atom. The molecule has 0 unspecified atom stereocenters. The van der Waals surface area contributed by atoms with Crippen LogP contribution in [0.1, 0.15) is 27.8 Å². The number of nitrogens with zero attached hydrogens (tertiary/aromatic N) is 2. The van der Waals surface area contributed by atoms with Gasteiger partial charge in [-0.3, -0.25) is 9.59 Å². The van der Waals surface area contributed by atoms with Crippen molar-refractivity contribution in [3.8, 4) is 5.69 Å². The lowest BCUT2D eigenvalue weighted by atomic mass is 10.2. The first kappa shape index (κ1) is 23.4. The predicted molar refractivity (Wildman–Crippen MR) is 133 cm³/mol. The van der Waals surface area contributed by atoms with Crippen LogP contribution in [-0.4, -0.2) is 28.3 Å². The van der Waals surface area contributed by atoms with Crippen LogP contribution in [0.15, 0.2) is 57.1 Å². The van der Waals surface area contributed by atoms with E-state index in [1.54, 1.807) is 54.8 Å². The van der Waals surface area contributed by atoms with Crippen molar-refractivity contribution in [2.75, 3.05) is 11.9 Å². The third-order valence-corrected chi connectivity index (χ3v) is 6.53. The van der Waals surface area contributed by atoms with Gasteiger partial charge in [-0.15, -0.1) is 11.3 Å². The molecule has 11 heteroatoms. The first-order chi connectivity index (χ1) is 15.8. The van der Waals surface area contributed by atoms with E-state index in [1.165, 1.54) is 0 Å². The van der Waals surface area contributed by atoms with Gasteiger partial charge in [-0.25, -0.2) is 4.79 Å². The first-order valence-electron chi connectivity index (χ1n) is 9.54. The van der Waals surface area contributed by atoms with Crippen molar-refractivity contribution in [3.05, 3.63) is 84.0 Å². The van der Waals surface area contributed by atoms with Gasteiger partial charge in [-0.05, 0) is 43.3 Å². The number of hydrogen-bond acceptors (Lipinski definition) is 6. The van der Waals surface area contributed by atoms with Crippen LogP contribution in [0.3, 0.4) is 0 Å². The lowest BCUT2D eigenvalue weighted by Gasteiger charge is -2.10. The second-order valence-corrected chi connectivity index (χ2v) is 9.34.